The molecule has 2 N–H and O–H groups in total. The second-order valence-electron chi connectivity index (χ2n) is 0.197. The molecule has 0 aromatic carbocycles. The van der Waals surface area contributed by atoms with Crippen molar-refractivity contribution in [2.75, 3.05) is 0 Å². The average molecular weight is 58.0 g/mol. The molecule has 0 rings (SSSR count). The summed E-state index contributed by atoms with van der Waals surface area (Å²) < 4.78 is 0. The SMILES string of the molecule is [C]#[N+]ON. The lowest BCUT2D eigenvalue weighted by Crippen LogP contribution is -1.82. The summed E-state index contributed by atoms with van der Waals surface area (Å²) in [5, 5.41) is 2.26. The third-order valence-electron chi connectivity index (χ3n) is 0.0527. The molecule has 4 heavy (non-hydrogen) atoms. The molecule has 0 aliphatic carbocycles. The molecule has 21 valence electrons. The van der Waals surface area contributed by atoms with E-state index >= 15 is 0 Å². The van der Waals surface area contributed by atoms with E-state index in [1.807, 2.05) is 0 Å². The van der Waals surface area contributed by atoms with E-state index < -0.39 is 0 Å². The summed E-state index contributed by atoms with van der Waals surface area (Å²) in [5.41, 5.74) is 0. The molecule has 3 nitrogen and oxygen atoms in total. The lowest BCUT2D eigenvalue weighted by Gasteiger charge is -1.44. The van der Waals surface area contributed by atoms with E-state index in [9.17, 15) is 0 Å². The summed E-state index contributed by atoms with van der Waals surface area (Å²) in [4.78, 5) is 3.33. The van der Waals surface area contributed by atoms with Crippen molar-refractivity contribution in [3.05, 3.63) is 11.6 Å². The van der Waals surface area contributed by atoms with Crippen molar-refractivity contribution in [3.8, 4) is 0 Å². The van der Waals surface area contributed by atoms with Crippen LogP contribution in [0.1, 0.15) is 0 Å². The van der Waals surface area contributed by atoms with Crippen molar-refractivity contribution in [2.45, 2.75) is 0 Å². The first-order chi connectivity index (χ1) is 1.91. The van der Waals surface area contributed by atoms with Crippen molar-refractivity contribution in [3.63, 3.8) is 0 Å². The van der Waals surface area contributed by atoms with Gasteiger partial charge in [-0.25, -0.2) is 0 Å². The molecular formula is CH2N2O+. The second-order valence-corrected chi connectivity index (χ2v) is 0.197. The van der Waals surface area contributed by atoms with Crippen molar-refractivity contribution in [2.24, 2.45) is 5.90 Å². The van der Waals surface area contributed by atoms with Crippen LogP contribution in [0.25, 0.3) is 5.01 Å². The summed E-state index contributed by atoms with van der Waals surface area (Å²) in [6.45, 7) is 5.73. The van der Waals surface area contributed by atoms with Gasteiger partial charge in [-0.15, -0.1) is 0 Å². The van der Waals surface area contributed by atoms with Gasteiger partial charge in [-0.2, -0.15) is 0 Å². The molecule has 0 aromatic rings. The van der Waals surface area contributed by atoms with Gasteiger partial charge in [0.05, 0.1) is 0 Å². The van der Waals surface area contributed by atoms with E-state index in [2.05, 4.69) is 15.8 Å². The zero-order valence-electron chi connectivity index (χ0n) is 1.93. The minimum atomic E-state index is 2.26. The Kier molecular flexibility index (Phi) is 1.83. The smallest absolute Gasteiger partial charge is 0.0877 e. The van der Waals surface area contributed by atoms with E-state index in [4.69, 9.17) is 6.57 Å². The van der Waals surface area contributed by atoms with E-state index in [0.717, 1.165) is 0 Å². The molecule has 0 heterocycles. The summed E-state index contributed by atoms with van der Waals surface area (Å²) in [5.74, 6) is 4.17. The molecule has 0 spiro atoms. The van der Waals surface area contributed by atoms with E-state index in [1.165, 1.54) is 0 Å². The number of nitrogens with two attached hydrogens (primary N) is 1. The maximum Gasteiger partial charge on any atom is 0.532 e. The minimum Gasteiger partial charge on any atom is -0.0877 e. The maximum absolute atomic E-state index is 5.73. The first kappa shape index (κ1) is 3.25. The Morgan fingerprint density at radius 1 is 2.00 bits per heavy atom. The van der Waals surface area contributed by atoms with Gasteiger partial charge in [0.15, 0.2) is 0 Å². The lowest BCUT2D eigenvalue weighted by atomic mass is 11.8. The van der Waals surface area contributed by atoms with Crippen molar-refractivity contribution >= 4 is 0 Å². The fourth-order valence-electron chi connectivity index (χ4n) is 0. The number of hydrogen-bond donors (Lipinski definition) is 1. The van der Waals surface area contributed by atoms with E-state index in [-0.39, 0.29) is 0 Å². The predicted molar refractivity (Wildman–Crippen MR) is 11.9 cm³/mol. The first-order valence-corrected chi connectivity index (χ1v) is 0.642. The Bertz CT molecular complexity index is 35.8. The van der Waals surface area contributed by atoms with Gasteiger partial charge in [-0.1, -0.05) is 10.8 Å². The van der Waals surface area contributed by atoms with Gasteiger partial charge in [-0.05, 0) is 0 Å². The molecule has 0 saturated heterocycles. The van der Waals surface area contributed by atoms with Crippen LogP contribution in [0, 0.1) is 6.57 Å². The molecule has 0 atom stereocenters. The Morgan fingerprint density at radius 3 is 2.25 bits per heavy atom. The van der Waals surface area contributed by atoms with Gasteiger partial charge in [0, 0.05) is 0 Å². The Balaban J connectivity index is 2.43. The van der Waals surface area contributed by atoms with E-state index in [1.54, 1.807) is 0 Å². The van der Waals surface area contributed by atoms with Gasteiger partial charge in [0.25, 0.3) is 5.01 Å². The van der Waals surface area contributed by atoms with Gasteiger partial charge in [0.1, 0.15) is 0 Å². The summed E-state index contributed by atoms with van der Waals surface area (Å²) in [7, 11) is 0. The topological polar surface area (TPSA) is 39.6 Å². The number of nitrogens with zero attached hydrogens (tertiary/aromatic N) is 1. The number of rotatable bonds is 0. The molecule has 0 saturated carbocycles. The Hall–Kier alpha value is -0.750. The largest absolute Gasteiger partial charge is 0.532 e. The maximum atomic E-state index is 5.73. The van der Waals surface area contributed by atoms with E-state index in [0.29, 0.717) is 0 Å². The Labute approximate surface area is 23.7 Å². The number of hydrogen-bond acceptors (Lipinski definition) is 2. The van der Waals surface area contributed by atoms with Crippen molar-refractivity contribution < 1.29 is 4.94 Å². The van der Waals surface area contributed by atoms with Gasteiger partial charge >= 0.3 is 6.57 Å². The lowest BCUT2D eigenvalue weighted by molar-refractivity contribution is 0.254. The highest BCUT2D eigenvalue weighted by Crippen LogP contribution is 1.44. The van der Waals surface area contributed by atoms with Gasteiger partial charge in [-0.3, -0.25) is 0 Å². The highest BCUT2D eigenvalue weighted by molar-refractivity contribution is 4.13. The molecule has 1 radical (unpaired) electrons. The fraction of sp³-hybridized carbons (Fsp3) is 0. The minimum absolute atomic E-state index is 2.26. The van der Waals surface area contributed by atoms with Crippen LogP contribution in [0.15, 0.2) is 0 Å². The monoisotopic (exact) mass is 58.0 g/mol. The third kappa shape index (κ3) is 1.25. The summed E-state index contributed by atoms with van der Waals surface area (Å²) >= 11 is 0. The average Bonchev–Trinajstić information content (AvgIpc) is 1.37. The highest BCUT2D eigenvalue weighted by atomic mass is 16.7. The van der Waals surface area contributed by atoms with Crippen LogP contribution in [0.5, 0.6) is 0 Å². The zero-order chi connectivity index (χ0) is 3.41. The molecule has 0 unspecified atom stereocenters. The Morgan fingerprint density at radius 2 is 2.25 bits per heavy atom. The van der Waals surface area contributed by atoms with Crippen molar-refractivity contribution in [1.29, 1.82) is 0 Å². The van der Waals surface area contributed by atoms with Crippen molar-refractivity contribution in [1.82, 2.24) is 0 Å². The molecule has 0 aromatic heterocycles. The summed E-state index contributed by atoms with van der Waals surface area (Å²) in [6, 6.07) is 0. The van der Waals surface area contributed by atoms with Crippen LogP contribution >= 0.6 is 0 Å². The molecule has 0 bridgehead atoms. The highest BCUT2D eigenvalue weighted by Gasteiger charge is 1.57. The molecular weight excluding hydrogens is 56.0 g/mol. The zero-order valence-corrected chi connectivity index (χ0v) is 1.93. The second kappa shape index (κ2) is 2.25. The van der Waals surface area contributed by atoms with Crippen LogP contribution < -0.4 is 5.90 Å². The molecule has 0 amide bonds. The van der Waals surface area contributed by atoms with Crippen LogP contribution in [0.2, 0.25) is 0 Å². The normalized spacial score (nSPS) is 4.00. The van der Waals surface area contributed by atoms with Crippen LogP contribution in [0.3, 0.4) is 0 Å². The van der Waals surface area contributed by atoms with Gasteiger partial charge < -0.3 is 0 Å². The predicted octanol–water partition coefficient (Wildman–Crippen LogP) is -0.289. The fourth-order valence-corrected chi connectivity index (χ4v) is 0. The van der Waals surface area contributed by atoms with Crippen LogP contribution in [-0.4, -0.2) is 0 Å². The third-order valence-corrected chi connectivity index (χ3v) is 0.0527. The molecule has 3 heteroatoms. The van der Waals surface area contributed by atoms with Crippen LogP contribution in [-0.2, 0) is 4.94 Å². The summed E-state index contributed by atoms with van der Waals surface area (Å²) in [6.07, 6.45) is 0. The van der Waals surface area contributed by atoms with Crippen LogP contribution in [0.4, 0.5) is 0 Å². The molecule has 0 fully saturated rings. The molecule has 0 aliphatic heterocycles. The molecule has 0 aliphatic rings. The first-order valence-electron chi connectivity index (χ1n) is 0.642. The quantitative estimate of drug-likeness (QED) is 0.389. The van der Waals surface area contributed by atoms with Gasteiger partial charge in [0.2, 0.25) is 0 Å². The standard InChI is InChI=1S/CH2N2O/c1-3-4-2/h2H2/q+1.